The normalized spacial score (nSPS) is 12.5. The van der Waals surface area contributed by atoms with E-state index < -0.39 is 7.60 Å². The van der Waals surface area contributed by atoms with Gasteiger partial charge in [-0.1, -0.05) is 39.8 Å². The molecule has 2 N–H and O–H groups in total. The molecule has 1 aromatic rings. The maximum absolute atomic E-state index is 11.4. The van der Waals surface area contributed by atoms with Crippen LogP contribution in [0.1, 0.15) is 50.7 Å². The third-order valence-corrected chi connectivity index (χ3v) is 3.67. The number of hydrogen-bond donors (Lipinski definition) is 2. The molecule has 0 aliphatic heterocycles. The molecule has 0 amide bonds. The lowest BCUT2D eigenvalue weighted by Gasteiger charge is -2.16. The van der Waals surface area contributed by atoms with Gasteiger partial charge in [-0.2, -0.15) is 0 Å². The summed E-state index contributed by atoms with van der Waals surface area (Å²) in [6.07, 6.45) is 0. The molecule has 90 valence electrons. The van der Waals surface area contributed by atoms with Gasteiger partial charge in [-0.05, 0) is 29.0 Å². The molecular formula is C12H19O3P. The van der Waals surface area contributed by atoms with E-state index in [0.717, 1.165) is 11.1 Å². The molecule has 0 aliphatic rings. The lowest BCUT2D eigenvalue weighted by Crippen LogP contribution is -2.13. The van der Waals surface area contributed by atoms with Crippen LogP contribution in [0.5, 0.6) is 0 Å². The van der Waals surface area contributed by atoms with E-state index in [0.29, 0.717) is 0 Å². The van der Waals surface area contributed by atoms with Crippen molar-refractivity contribution in [2.45, 2.75) is 39.5 Å². The summed E-state index contributed by atoms with van der Waals surface area (Å²) >= 11 is 0. The van der Waals surface area contributed by atoms with Gasteiger partial charge >= 0.3 is 7.60 Å². The highest BCUT2D eigenvalue weighted by Crippen LogP contribution is 2.37. The summed E-state index contributed by atoms with van der Waals surface area (Å²) in [4.78, 5) is 18.7. The van der Waals surface area contributed by atoms with Gasteiger partial charge in [0, 0.05) is 0 Å². The van der Waals surface area contributed by atoms with Crippen molar-refractivity contribution in [3.8, 4) is 0 Å². The van der Waals surface area contributed by atoms with Crippen molar-refractivity contribution < 1.29 is 14.4 Å². The molecule has 0 fully saturated rings. The fourth-order valence-electron chi connectivity index (χ4n) is 1.66. The van der Waals surface area contributed by atoms with Crippen LogP contribution in [0, 0.1) is 0 Å². The first kappa shape index (κ1) is 13.4. The van der Waals surface area contributed by atoms with Gasteiger partial charge in [-0.25, -0.2) is 0 Å². The average Bonchev–Trinajstić information content (AvgIpc) is 2.15. The van der Waals surface area contributed by atoms with Crippen molar-refractivity contribution in [3.05, 3.63) is 29.3 Å². The lowest BCUT2D eigenvalue weighted by atomic mass is 9.97. The molecule has 0 saturated heterocycles. The van der Waals surface area contributed by atoms with Crippen LogP contribution >= 0.6 is 7.60 Å². The summed E-state index contributed by atoms with van der Waals surface area (Å²) in [6.45, 7) is 7.88. The molecule has 0 heterocycles. The van der Waals surface area contributed by atoms with Gasteiger partial charge in [0.25, 0.3) is 0 Å². The van der Waals surface area contributed by atoms with Gasteiger partial charge in [0.05, 0.1) is 5.30 Å². The second-order valence-electron chi connectivity index (χ2n) is 4.67. The maximum Gasteiger partial charge on any atom is 0.356 e. The summed E-state index contributed by atoms with van der Waals surface area (Å²) in [5, 5.41) is 0.175. The molecule has 0 aromatic heterocycles. The molecule has 0 bridgehead atoms. The Morgan fingerprint density at radius 1 is 1.06 bits per heavy atom. The first-order valence-corrected chi connectivity index (χ1v) is 7.04. The summed E-state index contributed by atoms with van der Waals surface area (Å²) in [5.74, 6) is 0.385. The SMILES string of the molecule is CC(C)c1ccc(C(C)C)c(P(=O)(O)O)c1. The van der Waals surface area contributed by atoms with Gasteiger partial charge in [-0.15, -0.1) is 0 Å². The van der Waals surface area contributed by atoms with Gasteiger partial charge in [-0.3, -0.25) is 4.57 Å². The summed E-state index contributed by atoms with van der Waals surface area (Å²) in [7, 11) is -4.18. The van der Waals surface area contributed by atoms with E-state index in [-0.39, 0.29) is 17.1 Å². The highest BCUT2D eigenvalue weighted by atomic mass is 31.2. The highest BCUT2D eigenvalue weighted by molar-refractivity contribution is 7.60. The van der Waals surface area contributed by atoms with Gasteiger partial charge < -0.3 is 9.79 Å². The molecule has 0 unspecified atom stereocenters. The van der Waals surface area contributed by atoms with Gasteiger partial charge in [0.15, 0.2) is 0 Å². The van der Waals surface area contributed by atoms with Crippen LogP contribution in [0.25, 0.3) is 0 Å². The average molecular weight is 242 g/mol. The van der Waals surface area contributed by atoms with Crippen molar-refractivity contribution in [2.75, 3.05) is 0 Å². The first-order valence-electron chi connectivity index (χ1n) is 5.43. The second-order valence-corrected chi connectivity index (χ2v) is 6.24. The summed E-state index contributed by atoms with van der Waals surface area (Å²) in [5.41, 5.74) is 1.69. The quantitative estimate of drug-likeness (QED) is 0.801. The van der Waals surface area contributed by atoms with Crippen molar-refractivity contribution in [3.63, 3.8) is 0 Å². The molecule has 0 radical (unpaired) electrons. The van der Waals surface area contributed by atoms with Crippen LogP contribution in [-0.2, 0) is 4.57 Å². The Hall–Kier alpha value is -0.630. The largest absolute Gasteiger partial charge is 0.356 e. The summed E-state index contributed by atoms with van der Waals surface area (Å²) < 4.78 is 11.4. The van der Waals surface area contributed by atoms with E-state index >= 15 is 0 Å². The van der Waals surface area contributed by atoms with Crippen LogP contribution in [0.4, 0.5) is 0 Å². The topological polar surface area (TPSA) is 57.5 Å². The van der Waals surface area contributed by atoms with E-state index in [4.69, 9.17) is 0 Å². The molecular weight excluding hydrogens is 223 g/mol. The van der Waals surface area contributed by atoms with Gasteiger partial charge in [0.2, 0.25) is 0 Å². The fourth-order valence-corrected chi connectivity index (χ4v) is 2.65. The predicted octanol–water partition coefficient (Wildman–Crippen LogP) is 2.74. The molecule has 0 saturated carbocycles. The standard InChI is InChI=1S/C12H19O3P/c1-8(2)10-5-6-11(9(3)4)12(7-10)16(13,14)15/h5-9H,1-4H3,(H2,13,14,15). The van der Waals surface area contributed by atoms with Crippen molar-refractivity contribution in [1.82, 2.24) is 0 Å². The third-order valence-electron chi connectivity index (χ3n) is 2.66. The number of rotatable bonds is 3. The van der Waals surface area contributed by atoms with E-state index in [1.165, 1.54) is 0 Å². The van der Waals surface area contributed by atoms with E-state index in [2.05, 4.69) is 0 Å². The number of hydrogen-bond acceptors (Lipinski definition) is 1. The molecule has 0 spiro atoms. The minimum atomic E-state index is -4.18. The van der Waals surface area contributed by atoms with Crippen molar-refractivity contribution >= 4 is 12.9 Å². The minimum absolute atomic E-state index is 0.115. The molecule has 0 aliphatic carbocycles. The van der Waals surface area contributed by atoms with Crippen LogP contribution in [0.3, 0.4) is 0 Å². The smallest absolute Gasteiger partial charge is 0.321 e. The number of benzene rings is 1. The Morgan fingerprint density at radius 3 is 2.00 bits per heavy atom. The molecule has 3 nitrogen and oxygen atoms in total. The fraction of sp³-hybridized carbons (Fsp3) is 0.500. The Labute approximate surface area is 96.7 Å². The molecule has 1 rings (SSSR count). The highest BCUT2D eigenvalue weighted by Gasteiger charge is 2.23. The Morgan fingerprint density at radius 2 is 1.62 bits per heavy atom. The van der Waals surface area contributed by atoms with Crippen LogP contribution in [0.2, 0.25) is 0 Å². The van der Waals surface area contributed by atoms with Gasteiger partial charge in [0.1, 0.15) is 0 Å². The van der Waals surface area contributed by atoms with E-state index in [9.17, 15) is 14.4 Å². The Balaban J connectivity index is 3.39. The van der Waals surface area contributed by atoms with Crippen molar-refractivity contribution in [2.24, 2.45) is 0 Å². The zero-order chi connectivity index (χ0) is 12.5. The summed E-state index contributed by atoms with van der Waals surface area (Å²) in [6, 6.07) is 5.41. The van der Waals surface area contributed by atoms with Crippen molar-refractivity contribution in [1.29, 1.82) is 0 Å². The zero-order valence-corrected chi connectivity index (χ0v) is 11.0. The Kier molecular flexibility index (Phi) is 3.95. The lowest BCUT2D eigenvalue weighted by molar-refractivity contribution is 0.387. The molecule has 0 atom stereocenters. The molecule has 16 heavy (non-hydrogen) atoms. The molecule has 1 aromatic carbocycles. The van der Waals surface area contributed by atoms with Crippen LogP contribution in [0.15, 0.2) is 18.2 Å². The predicted molar refractivity (Wildman–Crippen MR) is 66.3 cm³/mol. The van der Waals surface area contributed by atoms with Crippen LogP contribution < -0.4 is 5.30 Å². The van der Waals surface area contributed by atoms with E-state index in [1.807, 2.05) is 39.8 Å². The first-order chi connectivity index (χ1) is 7.23. The molecule has 4 heteroatoms. The zero-order valence-electron chi connectivity index (χ0n) is 10.1. The Bertz CT molecular complexity index is 418. The third kappa shape index (κ3) is 2.94. The van der Waals surface area contributed by atoms with Crippen LogP contribution in [-0.4, -0.2) is 9.79 Å². The minimum Gasteiger partial charge on any atom is -0.321 e. The monoisotopic (exact) mass is 242 g/mol. The van der Waals surface area contributed by atoms with E-state index in [1.54, 1.807) is 6.07 Å². The second kappa shape index (κ2) is 4.70. The maximum atomic E-state index is 11.4.